The fourth-order valence-electron chi connectivity index (χ4n) is 6.26. The molecule has 0 unspecified atom stereocenters. The highest BCUT2D eigenvalue weighted by molar-refractivity contribution is 5.94. The number of ether oxygens (including phenoxy) is 2. The average Bonchev–Trinajstić information content (AvgIpc) is 3.17. The molecule has 1 fully saturated rings. The van der Waals surface area contributed by atoms with Gasteiger partial charge in [0.25, 0.3) is 5.91 Å². The Morgan fingerprint density at radius 3 is 2.16 bits per heavy atom. The number of carbonyl (C=O) groups excluding carboxylic acids is 1. The van der Waals surface area contributed by atoms with Crippen LogP contribution in [0, 0.1) is 0 Å². The zero-order chi connectivity index (χ0) is 34.2. The smallest absolute Gasteiger partial charge is 0.251 e. The summed E-state index contributed by atoms with van der Waals surface area (Å²) < 4.78 is 13.2. The van der Waals surface area contributed by atoms with Crippen LogP contribution in [-0.2, 0) is 22.6 Å². The molecule has 7 nitrogen and oxygen atoms in total. The highest BCUT2D eigenvalue weighted by atomic mass is 16.7. The van der Waals surface area contributed by atoms with Crippen LogP contribution < -0.4 is 5.32 Å². The topological polar surface area (TPSA) is 91.3 Å². The van der Waals surface area contributed by atoms with E-state index in [4.69, 9.17) is 9.47 Å². The van der Waals surface area contributed by atoms with E-state index in [1.54, 1.807) is 12.1 Å². The largest absolute Gasteiger partial charge is 0.392 e. The van der Waals surface area contributed by atoms with Crippen LogP contribution >= 0.6 is 0 Å². The number of likely N-dealkylation sites (N-methyl/N-ethyl adjacent to an activating group) is 1. The Hall–Kier alpha value is -4.63. The van der Waals surface area contributed by atoms with Crippen LogP contribution in [0.25, 0.3) is 11.1 Å². The van der Waals surface area contributed by atoms with Crippen LogP contribution in [0.4, 0.5) is 0 Å². The minimum atomic E-state index is -0.630. The Kier molecular flexibility index (Phi) is 11.3. The van der Waals surface area contributed by atoms with Crippen molar-refractivity contribution in [3.8, 4) is 11.1 Å². The fourth-order valence-corrected chi connectivity index (χ4v) is 6.26. The summed E-state index contributed by atoms with van der Waals surface area (Å²) >= 11 is 0. The van der Waals surface area contributed by atoms with Gasteiger partial charge in [0.1, 0.15) is 0 Å². The molecule has 1 amide bonds. The first kappa shape index (κ1) is 34.2. The third kappa shape index (κ3) is 8.70. The maximum atomic E-state index is 12.5. The van der Waals surface area contributed by atoms with E-state index in [1.165, 1.54) is 0 Å². The summed E-state index contributed by atoms with van der Waals surface area (Å²) in [5.41, 5.74) is 7.43. The Labute approximate surface area is 288 Å². The summed E-state index contributed by atoms with van der Waals surface area (Å²) in [6.07, 6.45) is -0.924. The second-order valence-corrected chi connectivity index (χ2v) is 12.8. The normalized spacial score (nSPS) is 18.9. The number of carbonyl (C=O) groups is 1. The Morgan fingerprint density at radius 1 is 0.796 bits per heavy atom. The molecule has 252 valence electrons. The van der Waals surface area contributed by atoms with Crippen molar-refractivity contribution in [3.05, 3.63) is 167 Å². The van der Waals surface area contributed by atoms with E-state index in [-0.39, 0.29) is 30.8 Å². The van der Waals surface area contributed by atoms with Crippen molar-refractivity contribution in [2.45, 2.75) is 57.1 Å². The van der Waals surface area contributed by atoms with E-state index >= 15 is 0 Å². The third-order valence-corrected chi connectivity index (χ3v) is 9.33. The van der Waals surface area contributed by atoms with Gasteiger partial charge in [0.2, 0.25) is 0 Å². The minimum absolute atomic E-state index is 0.00975. The number of aliphatic hydroxyl groups excluding tert-OH is 2. The van der Waals surface area contributed by atoms with Gasteiger partial charge >= 0.3 is 0 Å². The second-order valence-electron chi connectivity index (χ2n) is 12.8. The number of hydrogen-bond acceptors (Lipinski definition) is 6. The summed E-state index contributed by atoms with van der Waals surface area (Å²) in [5, 5.41) is 23.7. The minimum Gasteiger partial charge on any atom is -0.392 e. The van der Waals surface area contributed by atoms with Crippen LogP contribution in [0.2, 0.25) is 0 Å². The van der Waals surface area contributed by atoms with Gasteiger partial charge in [-0.25, -0.2) is 0 Å². The predicted octanol–water partition coefficient (Wildman–Crippen LogP) is 7.38. The lowest BCUT2D eigenvalue weighted by atomic mass is 9.98. The molecule has 7 heteroatoms. The molecule has 5 aromatic rings. The van der Waals surface area contributed by atoms with E-state index in [0.717, 1.165) is 38.9 Å². The van der Waals surface area contributed by atoms with Gasteiger partial charge in [-0.15, -0.1) is 0 Å². The van der Waals surface area contributed by atoms with Crippen molar-refractivity contribution in [2.24, 2.45) is 0 Å². The number of benzene rings is 5. The molecule has 0 bridgehead atoms. The molecule has 1 saturated heterocycles. The lowest BCUT2D eigenvalue weighted by Crippen LogP contribution is -2.43. The van der Waals surface area contributed by atoms with E-state index in [9.17, 15) is 15.0 Å². The number of amides is 1. The molecular weight excluding hydrogens is 612 g/mol. The third-order valence-electron chi connectivity index (χ3n) is 9.33. The van der Waals surface area contributed by atoms with Crippen molar-refractivity contribution in [1.29, 1.82) is 0 Å². The Balaban J connectivity index is 1.16. The maximum absolute atomic E-state index is 12.5. The average molecular weight is 657 g/mol. The molecule has 0 saturated carbocycles. The highest BCUT2D eigenvalue weighted by Gasteiger charge is 2.34. The predicted molar refractivity (Wildman–Crippen MR) is 191 cm³/mol. The molecule has 3 N–H and O–H groups in total. The van der Waals surface area contributed by atoms with Gasteiger partial charge in [0, 0.05) is 36.7 Å². The number of nitrogens with zero attached hydrogens (tertiary/aromatic N) is 1. The lowest BCUT2D eigenvalue weighted by Gasteiger charge is -2.39. The number of nitrogens with one attached hydrogen (secondary N) is 1. The Morgan fingerprint density at radius 2 is 1.47 bits per heavy atom. The summed E-state index contributed by atoms with van der Waals surface area (Å²) in [4.78, 5) is 14.7. The van der Waals surface area contributed by atoms with Crippen LogP contribution in [0.3, 0.4) is 0 Å². The molecule has 5 atom stereocenters. The van der Waals surface area contributed by atoms with Crippen molar-refractivity contribution >= 4 is 5.91 Å². The molecule has 1 heterocycles. The van der Waals surface area contributed by atoms with Crippen LogP contribution in [0.5, 0.6) is 0 Å². The first-order valence-electron chi connectivity index (χ1n) is 16.8. The van der Waals surface area contributed by atoms with Gasteiger partial charge < -0.3 is 25.0 Å². The molecule has 1 aliphatic rings. The van der Waals surface area contributed by atoms with Crippen LogP contribution in [0.15, 0.2) is 133 Å². The molecule has 1 aliphatic heterocycles. The van der Waals surface area contributed by atoms with Crippen molar-refractivity contribution in [3.63, 3.8) is 0 Å². The van der Waals surface area contributed by atoms with E-state index in [2.05, 4.69) is 34.5 Å². The zero-order valence-corrected chi connectivity index (χ0v) is 28.0. The second kappa shape index (κ2) is 16.2. The molecular formula is C42H44N2O5. The highest BCUT2D eigenvalue weighted by Crippen LogP contribution is 2.39. The van der Waals surface area contributed by atoms with Crippen LogP contribution in [0.1, 0.15) is 70.0 Å². The molecule has 0 radical (unpaired) electrons. The van der Waals surface area contributed by atoms with Crippen molar-refractivity contribution < 1.29 is 24.5 Å². The van der Waals surface area contributed by atoms with Crippen LogP contribution in [-0.4, -0.2) is 46.8 Å². The SMILES string of the molecule is C[C@@H]([C@H](O)c1ccccc1)N(C)C[C@@H]1C[C@H](c2ccc(CO)cc2)O[C@H](c2ccc(-c3cccc(CNC(=O)c4ccccc4)c3)cc2)O1. The van der Waals surface area contributed by atoms with Crippen molar-refractivity contribution in [2.75, 3.05) is 13.6 Å². The standard InChI is InChI=1S/C42H44N2O5/c1-29(40(46)34-11-5-3-6-12-34)44(2)27-38-25-39(33-18-16-30(28-45)17-19-33)49-42(48-38)36-22-20-32(21-23-36)37-15-9-10-31(24-37)26-43-41(47)35-13-7-4-8-14-35/h3-24,29,38-40,42,45-46H,25-28H2,1-2H3,(H,43,47)/t29-,38-,39+,40-,42+/m0/s1. The van der Waals surface area contributed by atoms with Gasteiger partial charge in [-0.2, -0.15) is 0 Å². The molecule has 6 rings (SSSR count). The lowest BCUT2D eigenvalue weighted by molar-refractivity contribution is -0.253. The van der Waals surface area contributed by atoms with Gasteiger partial charge in [-0.05, 0) is 65.6 Å². The number of aliphatic hydroxyl groups is 2. The molecule has 0 aromatic heterocycles. The van der Waals surface area contributed by atoms with Gasteiger partial charge in [0.15, 0.2) is 6.29 Å². The summed E-state index contributed by atoms with van der Waals surface area (Å²) in [6.45, 7) is 3.07. The van der Waals surface area contributed by atoms with E-state index in [1.807, 2.05) is 111 Å². The first-order valence-corrected chi connectivity index (χ1v) is 16.8. The molecule has 0 spiro atoms. The Bertz CT molecular complexity index is 1780. The van der Waals surface area contributed by atoms with E-state index in [0.29, 0.717) is 25.1 Å². The summed E-state index contributed by atoms with van der Waals surface area (Å²) in [6, 6.07) is 43.1. The van der Waals surface area contributed by atoms with Gasteiger partial charge in [0.05, 0.1) is 24.9 Å². The summed E-state index contributed by atoms with van der Waals surface area (Å²) in [7, 11) is 2.02. The first-order chi connectivity index (χ1) is 23.9. The molecule has 0 aliphatic carbocycles. The molecule has 5 aromatic carbocycles. The zero-order valence-electron chi connectivity index (χ0n) is 28.0. The maximum Gasteiger partial charge on any atom is 0.251 e. The van der Waals surface area contributed by atoms with Gasteiger partial charge in [-0.3, -0.25) is 9.69 Å². The van der Waals surface area contributed by atoms with Crippen molar-refractivity contribution in [1.82, 2.24) is 10.2 Å². The quantitative estimate of drug-likeness (QED) is 0.130. The molecule has 49 heavy (non-hydrogen) atoms. The fraction of sp³-hybridized carbons (Fsp3) is 0.262. The monoisotopic (exact) mass is 656 g/mol. The van der Waals surface area contributed by atoms with E-state index < -0.39 is 12.4 Å². The summed E-state index contributed by atoms with van der Waals surface area (Å²) in [5.74, 6) is -0.100. The van der Waals surface area contributed by atoms with Gasteiger partial charge in [-0.1, -0.05) is 115 Å². The number of rotatable bonds is 12. The number of hydrogen-bond donors (Lipinski definition) is 3.